The number of unbranched alkanes of at least 4 members (excludes halogenated alkanes) is 1. The van der Waals surface area contributed by atoms with E-state index in [4.69, 9.17) is 9.47 Å². The molecule has 2 aromatic rings. The molecule has 0 spiro atoms. The summed E-state index contributed by atoms with van der Waals surface area (Å²) in [5, 5.41) is 11.4. The first-order valence-electron chi connectivity index (χ1n) is 13.7. The van der Waals surface area contributed by atoms with Crippen molar-refractivity contribution in [1.82, 2.24) is 9.80 Å². The average Bonchev–Trinajstić information content (AvgIpc) is 2.92. The Morgan fingerprint density at radius 2 is 1.67 bits per heavy atom. The van der Waals surface area contributed by atoms with Crippen LogP contribution >= 0.6 is 0 Å². The molecule has 1 aliphatic carbocycles. The van der Waals surface area contributed by atoms with Crippen molar-refractivity contribution < 1.29 is 19.4 Å². The topological polar surface area (TPSA) is 62.2 Å². The third-order valence-electron chi connectivity index (χ3n) is 7.61. The van der Waals surface area contributed by atoms with E-state index in [9.17, 15) is 9.90 Å². The van der Waals surface area contributed by atoms with Gasteiger partial charge in [0.25, 0.3) is 0 Å². The Morgan fingerprint density at radius 1 is 0.972 bits per heavy atom. The van der Waals surface area contributed by atoms with Crippen LogP contribution in [0.3, 0.4) is 0 Å². The summed E-state index contributed by atoms with van der Waals surface area (Å²) in [7, 11) is 0. The molecule has 0 bridgehead atoms. The highest BCUT2D eigenvalue weighted by molar-refractivity contribution is 5.67. The summed E-state index contributed by atoms with van der Waals surface area (Å²) in [4.78, 5) is 16.7. The predicted molar refractivity (Wildman–Crippen MR) is 142 cm³/mol. The van der Waals surface area contributed by atoms with E-state index in [-0.39, 0.29) is 12.1 Å². The lowest BCUT2D eigenvalue weighted by molar-refractivity contribution is -0.0341. The van der Waals surface area contributed by atoms with Crippen molar-refractivity contribution in [3.05, 3.63) is 65.7 Å². The molecule has 2 aliphatic rings. The number of amides is 1. The average molecular weight is 495 g/mol. The van der Waals surface area contributed by atoms with Crippen LogP contribution in [0.4, 0.5) is 4.79 Å². The minimum Gasteiger partial charge on any atom is -0.489 e. The van der Waals surface area contributed by atoms with Crippen LogP contribution in [0.5, 0.6) is 5.75 Å². The number of aliphatic hydroxyl groups is 1. The number of piperazine rings is 1. The first-order chi connectivity index (χ1) is 17.6. The first-order valence-corrected chi connectivity index (χ1v) is 13.7. The number of rotatable bonds is 10. The summed E-state index contributed by atoms with van der Waals surface area (Å²) in [5.74, 6) is 0.845. The Kier molecular flexibility index (Phi) is 9.65. The first kappa shape index (κ1) is 26.5. The van der Waals surface area contributed by atoms with Crippen molar-refractivity contribution >= 4 is 6.09 Å². The molecule has 0 aromatic heterocycles. The summed E-state index contributed by atoms with van der Waals surface area (Å²) in [5.41, 5.74) is 1.71. The van der Waals surface area contributed by atoms with Crippen molar-refractivity contribution in [3.8, 4) is 5.75 Å². The summed E-state index contributed by atoms with van der Waals surface area (Å²) < 4.78 is 11.4. The molecule has 6 nitrogen and oxygen atoms in total. The standard InChI is InChI=1S/C30H42N2O4/c1-2-3-22-35-29(33)32-20-18-31(19-21-32)28(23-30(34)16-8-5-9-17-30)26-12-14-27(15-13-26)36-24-25-10-6-4-7-11-25/h4,6-7,10-15,28,34H,2-3,5,8-9,16-24H2,1H3. The van der Waals surface area contributed by atoms with Gasteiger partial charge >= 0.3 is 6.09 Å². The van der Waals surface area contributed by atoms with Gasteiger partial charge in [0, 0.05) is 32.2 Å². The molecule has 1 heterocycles. The molecule has 1 saturated heterocycles. The third kappa shape index (κ3) is 7.47. The normalized spacial score (nSPS) is 19.0. The van der Waals surface area contributed by atoms with Gasteiger partial charge in [-0.1, -0.05) is 75.1 Å². The van der Waals surface area contributed by atoms with E-state index >= 15 is 0 Å². The molecule has 2 fully saturated rings. The number of carbonyl (C=O) groups is 1. The highest BCUT2D eigenvalue weighted by atomic mass is 16.6. The lowest BCUT2D eigenvalue weighted by Gasteiger charge is -2.43. The lowest BCUT2D eigenvalue weighted by atomic mass is 9.79. The molecule has 196 valence electrons. The second-order valence-corrected chi connectivity index (χ2v) is 10.3. The fraction of sp³-hybridized carbons (Fsp3) is 0.567. The van der Waals surface area contributed by atoms with Crippen LogP contribution in [0.2, 0.25) is 0 Å². The molecule has 1 amide bonds. The zero-order valence-corrected chi connectivity index (χ0v) is 21.7. The molecule has 1 aliphatic heterocycles. The van der Waals surface area contributed by atoms with E-state index in [1.54, 1.807) is 0 Å². The molecule has 1 unspecified atom stereocenters. The molecular weight excluding hydrogens is 452 g/mol. The second-order valence-electron chi connectivity index (χ2n) is 10.3. The van der Waals surface area contributed by atoms with Crippen molar-refractivity contribution in [2.75, 3.05) is 32.8 Å². The van der Waals surface area contributed by atoms with Crippen LogP contribution in [0.25, 0.3) is 0 Å². The minimum absolute atomic E-state index is 0.106. The van der Waals surface area contributed by atoms with Gasteiger partial charge in [0.2, 0.25) is 0 Å². The molecule has 36 heavy (non-hydrogen) atoms. The number of nitrogens with zero attached hydrogens (tertiary/aromatic N) is 2. The molecule has 0 radical (unpaired) electrons. The van der Waals surface area contributed by atoms with Gasteiger partial charge in [-0.25, -0.2) is 4.79 Å². The van der Waals surface area contributed by atoms with Gasteiger partial charge in [-0.3, -0.25) is 4.90 Å². The number of ether oxygens (including phenoxy) is 2. The minimum atomic E-state index is -0.623. The van der Waals surface area contributed by atoms with Crippen LogP contribution in [0, 0.1) is 0 Å². The second kappa shape index (κ2) is 13.1. The van der Waals surface area contributed by atoms with Crippen molar-refractivity contribution in [3.63, 3.8) is 0 Å². The number of carbonyl (C=O) groups excluding carboxylic acids is 1. The van der Waals surface area contributed by atoms with Gasteiger partial charge < -0.3 is 19.5 Å². The third-order valence-corrected chi connectivity index (χ3v) is 7.61. The maximum atomic E-state index is 12.4. The molecule has 1 atom stereocenters. The van der Waals surface area contributed by atoms with Crippen molar-refractivity contribution in [1.29, 1.82) is 0 Å². The molecule has 2 aromatic carbocycles. The Morgan fingerprint density at radius 3 is 2.33 bits per heavy atom. The van der Waals surface area contributed by atoms with Gasteiger partial charge in [0.1, 0.15) is 12.4 Å². The van der Waals surface area contributed by atoms with E-state index in [0.29, 0.717) is 26.3 Å². The fourth-order valence-corrected chi connectivity index (χ4v) is 5.37. The van der Waals surface area contributed by atoms with E-state index in [2.05, 4.69) is 36.1 Å². The van der Waals surface area contributed by atoms with Gasteiger partial charge in [-0.15, -0.1) is 0 Å². The molecule has 1 N–H and O–H groups in total. The van der Waals surface area contributed by atoms with Gasteiger partial charge in [-0.2, -0.15) is 0 Å². The van der Waals surface area contributed by atoms with Gasteiger partial charge in [0.15, 0.2) is 0 Å². The van der Waals surface area contributed by atoms with Crippen LogP contribution in [0.1, 0.15) is 75.5 Å². The SMILES string of the molecule is CCCCOC(=O)N1CCN(C(CC2(O)CCCCC2)c2ccc(OCc3ccccc3)cc2)CC1. The zero-order valence-electron chi connectivity index (χ0n) is 21.7. The monoisotopic (exact) mass is 494 g/mol. The highest BCUT2D eigenvalue weighted by Crippen LogP contribution is 2.39. The Hall–Kier alpha value is -2.57. The highest BCUT2D eigenvalue weighted by Gasteiger charge is 2.36. The van der Waals surface area contributed by atoms with Crippen molar-refractivity contribution in [2.24, 2.45) is 0 Å². The largest absolute Gasteiger partial charge is 0.489 e. The van der Waals surface area contributed by atoms with E-state index in [1.165, 1.54) is 12.0 Å². The van der Waals surface area contributed by atoms with Crippen molar-refractivity contribution in [2.45, 2.75) is 76.5 Å². The molecule has 1 saturated carbocycles. The van der Waals surface area contributed by atoms with Gasteiger partial charge in [0.05, 0.1) is 12.2 Å². The maximum absolute atomic E-state index is 12.4. The number of hydrogen-bond acceptors (Lipinski definition) is 5. The van der Waals surface area contributed by atoms with Crippen LogP contribution < -0.4 is 4.74 Å². The quantitative estimate of drug-likeness (QED) is 0.414. The molecule has 4 rings (SSSR count). The predicted octanol–water partition coefficient (Wildman–Crippen LogP) is 5.95. The lowest BCUT2D eigenvalue weighted by Crippen LogP contribution is -2.51. The Labute approximate surface area is 216 Å². The Balaban J connectivity index is 1.41. The fourth-order valence-electron chi connectivity index (χ4n) is 5.37. The van der Waals surface area contributed by atoms with E-state index < -0.39 is 5.60 Å². The van der Waals surface area contributed by atoms with Gasteiger partial charge in [-0.05, 0) is 48.9 Å². The smallest absolute Gasteiger partial charge is 0.409 e. The van der Waals surface area contributed by atoms with Crippen LogP contribution in [-0.4, -0.2) is 59.4 Å². The number of hydrogen-bond donors (Lipinski definition) is 1. The summed E-state index contributed by atoms with van der Waals surface area (Å²) >= 11 is 0. The van der Waals surface area contributed by atoms with Crippen LogP contribution in [-0.2, 0) is 11.3 Å². The molecular formula is C30H42N2O4. The van der Waals surface area contributed by atoms with Crippen LogP contribution in [0.15, 0.2) is 54.6 Å². The molecule has 6 heteroatoms. The maximum Gasteiger partial charge on any atom is 0.409 e. The summed E-state index contributed by atoms with van der Waals surface area (Å²) in [6, 6.07) is 18.6. The van der Waals surface area contributed by atoms with E-state index in [1.807, 2.05) is 35.2 Å². The van der Waals surface area contributed by atoms with E-state index in [0.717, 1.165) is 69.3 Å². The summed E-state index contributed by atoms with van der Waals surface area (Å²) in [6.07, 6.45) is 7.55. The number of benzene rings is 2. The zero-order chi connectivity index (χ0) is 25.2. The summed E-state index contributed by atoms with van der Waals surface area (Å²) in [6.45, 7) is 5.97. The Bertz CT molecular complexity index is 920.